The van der Waals surface area contributed by atoms with Gasteiger partial charge < -0.3 is 15.4 Å². The van der Waals surface area contributed by atoms with Gasteiger partial charge in [-0.05, 0) is 53.8 Å². The molecule has 0 unspecified atom stereocenters. The predicted octanol–water partition coefficient (Wildman–Crippen LogP) is 4.21. The molecule has 0 spiro atoms. The molecule has 0 fully saturated rings. The minimum absolute atomic E-state index is 0.0536. The van der Waals surface area contributed by atoms with Crippen molar-refractivity contribution in [1.82, 2.24) is 5.32 Å². The van der Waals surface area contributed by atoms with E-state index in [1.165, 1.54) is 5.56 Å². The summed E-state index contributed by atoms with van der Waals surface area (Å²) in [5, 5.41) is 5.72. The van der Waals surface area contributed by atoms with Crippen LogP contribution in [0, 0.1) is 5.92 Å². The number of carbonyl (C=O) groups is 2. The minimum Gasteiger partial charge on any atom is -0.497 e. The number of hydrogen-bond donors (Lipinski definition) is 2. The van der Waals surface area contributed by atoms with Crippen LogP contribution < -0.4 is 15.4 Å². The molecule has 2 aromatic carbocycles. The van der Waals surface area contributed by atoms with Crippen LogP contribution >= 0.6 is 0 Å². The molecule has 0 aromatic heterocycles. The Morgan fingerprint density at radius 3 is 1.96 bits per heavy atom. The van der Waals surface area contributed by atoms with Crippen molar-refractivity contribution in [2.45, 2.75) is 39.7 Å². The molecule has 2 aromatic rings. The Bertz CT molecular complexity index is 765. The summed E-state index contributed by atoms with van der Waals surface area (Å²) >= 11 is 0. The smallest absolute Gasteiger partial charge is 0.251 e. The second-order valence-corrected chi connectivity index (χ2v) is 7.19. The van der Waals surface area contributed by atoms with Crippen LogP contribution in [0.15, 0.2) is 48.5 Å². The molecule has 27 heavy (non-hydrogen) atoms. The monoisotopic (exact) mass is 368 g/mol. The first-order chi connectivity index (χ1) is 12.8. The highest BCUT2D eigenvalue weighted by Crippen LogP contribution is 2.18. The van der Waals surface area contributed by atoms with Crippen LogP contribution in [0.25, 0.3) is 0 Å². The number of anilines is 1. The van der Waals surface area contributed by atoms with Crippen LogP contribution in [-0.2, 0) is 4.79 Å². The molecule has 0 aliphatic heterocycles. The van der Waals surface area contributed by atoms with E-state index in [0.717, 1.165) is 0 Å². The van der Waals surface area contributed by atoms with Crippen LogP contribution in [0.5, 0.6) is 5.75 Å². The third-order valence-electron chi connectivity index (χ3n) is 4.43. The van der Waals surface area contributed by atoms with Gasteiger partial charge in [-0.3, -0.25) is 9.59 Å². The molecule has 0 aliphatic carbocycles. The van der Waals surface area contributed by atoms with Gasteiger partial charge in [0.05, 0.1) is 7.11 Å². The number of methoxy groups -OCH3 is 1. The van der Waals surface area contributed by atoms with Gasteiger partial charge in [-0.25, -0.2) is 0 Å². The fourth-order valence-corrected chi connectivity index (χ4v) is 2.67. The SMILES string of the molecule is COc1ccc(C(=O)N[C@H](C(=O)Nc2ccc(C(C)C)cc2)C(C)C)cc1. The summed E-state index contributed by atoms with van der Waals surface area (Å²) in [7, 11) is 1.57. The van der Waals surface area contributed by atoms with Gasteiger partial charge in [-0.2, -0.15) is 0 Å². The van der Waals surface area contributed by atoms with E-state index in [9.17, 15) is 9.59 Å². The lowest BCUT2D eigenvalue weighted by Crippen LogP contribution is -2.47. The number of amides is 2. The summed E-state index contributed by atoms with van der Waals surface area (Å²) in [5.74, 6) is 0.532. The van der Waals surface area contributed by atoms with E-state index in [2.05, 4.69) is 24.5 Å². The molecule has 144 valence electrons. The van der Waals surface area contributed by atoms with Gasteiger partial charge in [0.25, 0.3) is 5.91 Å². The normalized spacial score (nSPS) is 12.0. The summed E-state index contributed by atoms with van der Waals surface area (Å²) in [5.41, 5.74) is 2.41. The Labute approximate surface area is 161 Å². The summed E-state index contributed by atoms with van der Waals surface area (Å²) < 4.78 is 5.10. The van der Waals surface area contributed by atoms with Gasteiger partial charge in [0, 0.05) is 11.3 Å². The fourth-order valence-electron chi connectivity index (χ4n) is 2.67. The topological polar surface area (TPSA) is 67.4 Å². The Morgan fingerprint density at radius 1 is 0.889 bits per heavy atom. The number of rotatable bonds is 7. The highest BCUT2D eigenvalue weighted by molar-refractivity contribution is 6.01. The fraction of sp³-hybridized carbons (Fsp3) is 0.364. The number of hydrogen-bond acceptors (Lipinski definition) is 3. The second-order valence-electron chi connectivity index (χ2n) is 7.19. The molecule has 0 saturated heterocycles. The molecular formula is C22H28N2O3. The molecule has 2 amide bonds. The number of carbonyl (C=O) groups excluding carboxylic acids is 2. The lowest BCUT2D eigenvalue weighted by molar-refractivity contribution is -0.118. The van der Waals surface area contributed by atoms with E-state index in [4.69, 9.17) is 4.74 Å². The van der Waals surface area contributed by atoms with Crippen LogP contribution in [0.1, 0.15) is 49.5 Å². The molecule has 0 saturated carbocycles. The molecule has 5 nitrogen and oxygen atoms in total. The molecule has 0 heterocycles. The van der Waals surface area contributed by atoms with Crippen molar-refractivity contribution in [2.75, 3.05) is 12.4 Å². The predicted molar refractivity (Wildman–Crippen MR) is 108 cm³/mol. The molecule has 0 aliphatic rings. The Kier molecular flexibility index (Phi) is 6.99. The maximum atomic E-state index is 12.7. The number of ether oxygens (including phenoxy) is 1. The Balaban J connectivity index is 2.06. The molecule has 0 radical (unpaired) electrons. The quantitative estimate of drug-likeness (QED) is 0.769. The van der Waals surface area contributed by atoms with Gasteiger partial charge in [-0.15, -0.1) is 0 Å². The van der Waals surface area contributed by atoms with Gasteiger partial charge >= 0.3 is 0 Å². The van der Waals surface area contributed by atoms with Crippen LogP contribution in [-0.4, -0.2) is 25.0 Å². The van der Waals surface area contributed by atoms with E-state index in [1.54, 1.807) is 31.4 Å². The van der Waals surface area contributed by atoms with Crippen LogP contribution in [0.4, 0.5) is 5.69 Å². The summed E-state index contributed by atoms with van der Waals surface area (Å²) in [6, 6.07) is 13.9. The van der Waals surface area contributed by atoms with Gasteiger partial charge in [0.15, 0.2) is 0 Å². The molecule has 2 N–H and O–H groups in total. The molecule has 1 atom stereocenters. The first kappa shape index (κ1) is 20.5. The Morgan fingerprint density at radius 2 is 1.48 bits per heavy atom. The van der Waals surface area contributed by atoms with Crippen molar-refractivity contribution in [1.29, 1.82) is 0 Å². The van der Waals surface area contributed by atoms with E-state index >= 15 is 0 Å². The van der Waals surface area contributed by atoms with Crippen molar-refractivity contribution in [2.24, 2.45) is 5.92 Å². The third kappa shape index (κ3) is 5.58. The lowest BCUT2D eigenvalue weighted by atomic mass is 10.0. The van der Waals surface area contributed by atoms with Crippen molar-refractivity contribution < 1.29 is 14.3 Å². The second kappa shape index (κ2) is 9.21. The minimum atomic E-state index is -0.635. The zero-order chi connectivity index (χ0) is 20.0. The maximum absolute atomic E-state index is 12.7. The van der Waals surface area contributed by atoms with Gasteiger partial charge in [0.2, 0.25) is 5.91 Å². The summed E-state index contributed by atoms with van der Waals surface area (Å²) in [6.07, 6.45) is 0. The molecule has 0 bridgehead atoms. The highest BCUT2D eigenvalue weighted by atomic mass is 16.5. The van der Waals surface area contributed by atoms with Crippen molar-refractivity contribution in [3.8, 4) is 5.75 Å². The van der Waals surface area contributed by atoms with Crippen molar-refractivity contribution >= 4 is 17.5 Å². The van der Waals surface area contributed by atoms with Gasteiger partial charge in [-0.1, -0.05) is 39.8 Å². The molecule has 2 rings (SSSR count). The summed E-state index contributed by atoms with van der Waals surface area (Å²) in [4.78, 5) is 25.2. The Hall–Kier alpha value is -2.82. The largest absolute Gasteiger partial charge is 0.497 e. The van der Waals surface area contributed by atoms with E-state index < -0.39 is 6.04 Å². The summed E-state index contributed by atoms with van der Waals surface area (Å²) in [6.45, 7) is 8.05. The zero-order valence-corrected chi connectivity index (χ0v) is 16.6. The highest BCUT2D eigenvalue weighted by Gasteiger charge is 2.24. The average molecular weight is 368 g/mol. The zero-order valence-electron chi connectivity index (χ0n) is 16.6. The molecular weight excluding hydrogens is 340 g/mol. The van der Waals surface area contributed by atoms with E-state index in [-0.39, 0.29) is 17.7 Å². The standard InChI is InChI=1S/C22H28N2O3/c1-14(2)16-6-10-18(11-7-16)23-22(26)20(15(3)4)24-21(25)17-8-12-19(27-5)13-9-17/h6-15,20H,1-5H3,(H,23,26)(H,24,25)/t20-/m0/s1. The van der Waals surface area contributed by atoms with Gasteiger partial charge in [0.1, 0.15) is 11.8 Å². The van der Waals surface area contributed by atoms with Crippen molar-refractivity contribution in [3.05, 3.63) is 59.7 Å². The third-order valence-corrected chi connectivity index (χ3v) is 4.43. The average Bonchev–Trinajstić information content (AvgIpc) is 2.66. The molecule has 5 heteroatoms. The van der Waals surface area contributed by atoms with Crippen LogP contribution in [0.2, 0.25) is 0 Å². The first-order valence-electron chi connectivity index (χ1n) is 9.17. The lowest BCUT2D eigenvalue weighted by Gasteiger charge is -2.22. The number of benzene rings is 2. The number of nitrogens with one attached hydrogen (secondary N) is 2. The van der Waals surface area contributed by atoms with E-state index in [1.807, 2.05) is 38.1 Å². The first-order valence-corrected chi connectivity index (χ1v) is 9.17. The van der Waals surface area contributed by atoms with Crippen LogP contribution in [0.3, 0.4) is 0 Å². The van der Waals surface area contributed by atoms with Crippen molar-refractivity contribution in [3.63, 3.8) is 0 Å². The van der Waals surface area contributed by atoms with E-state index in [0.29, 0.717) is 22.9 Å². The maximum Gasteiger partial charge on any atom is 0.251 e.